The van der Waals surface area contributed by atoms with Crippen molar-refractivity contribution in [1.82, 2.24) is 26.6 Å². The number of hydrogen-bond donors (Lipinski definition) is 8. The van der Waals surface area contributed by atoms with Gasteiger partial charge in [0.05, 0.1) is 19.4 Å². The van der Waals surface area contributed by atoms with E-state index in [1.807, 2.05) is 0 Å². The van der Waals surface area contributed by atoms with Gasteiger partial charge < -0.3 is 109 Å². The van der Waals surface area contributed by atoms with Crippen LogP contribution in [0.5, 0.6) is 0 Å². The first-order valence-electron chi connectivity index (χ1n) is 25.9. The van der Waals surface area contributed by atoms with Crippen molar-refractivity contribution in [1.29, 1.82) is 0 Å². The predicted octanol–water partition coefficient (Wildman–Crippen LogP) is 5.41. The molecule has 2 rings (SSSR count). The summed E-state index contributed by atoms with van der Waals surface area (Å²) in [5, 5.41) is 39.5. The van der Waals surface area contributed by atoms with Crippen molar-refractivity contribution in [3.8, 4) is 0 Å². The number of alkyl carbamates (subject to hydrolysis) is 5. The molecule has 0 spiro atoms. The molecule has 2 saturated carbocycles. The van der Waals surface area contributed by atoms with E-state index in [0.29, 0.717) is 32.4 Å². The van der Waals surface area contributed by atoms with Crippen LogP contribution in [0.4, 0.5) is 24.0 Å². The smallest absolute Gasteiger partial charge is 0.480 e. The van der Waals surface area contributed by atoms with Gasteiger partial charge in [-0.05, 0) is 84.9 Å². The average Bonchev–Trinajstić information content (AvgIpc) is 3.34. The standard InChI is InChI=1S/2C20H33N2O6.C8H18NO5Si.C5H12O3.3W/c2*1-7-16(23)26-8-9-27-18(25)22-15-10-19(4,5)12-20(6,11-15)13-21-17(24)28-14(2)3;1-7(2)14-8(10)9-6-15(11-3,12-4)13-5;1-2-5(8,3-6)4-7;;;/h2*7,14-15H,1-2,8-13H2,3-6H3,(H,21,24)(H,22,25);7H,1,6H2,2-5H3,(H,9,10);6-8H,2-4H2,1H3;;;/q3*-1;;;;. The van der Waals surface area contributed by atoms with E-state index in [2.05, 4.69) is 102 Å². The molecule has 7 unspecified atom stereocenters. The fourth-order valence-corrected chi connectivity index (χ4v) is 10.3. The van der Waals surface area contributed by atoms with Crippen LogP contribution in [-0.4, -0.2) is 183 Å². The Labute approximate surface area is 531 Å². The third-order valence-corrected chi connectivity index (χ3v) is 14.3. The van der Waals surface area contributed by atoms with Crippen molar-refractivity contribution < 1.29 is 159 Å². The third kappa shape index (κ3) is 41.8. The van der Waals surface area contributed by atoms with Crippen molar-refractivity contribution in [2.75, 3.05) is 80.2 Å². The zero-order valence-corrected chi connectivity index (χ0v) is 60.2. The Bertz CT molecular complexity index is 1770. The van der Waals surface area contributed by atoms with Gasteiger partial charge in [-0.15, -0.1) is 0 Å². The van der Waals surface area contributed by atoms with E-state index in [4.69, 9.17) is 61.8 Å². The molecule has 0 aromatic rings. The summed E-state index contributed by atoms with van der Waals surface area (Å²) < 4.78 is 49.7. The number of hydrogen-bond acceptors (Lipinski definition) is 20. The number of rotatable bonds is 25. The summed E-state index contributed by atoms with van der Waals surface area (Å²) in [6.45, 7) is 36.8. The van der Waals surface area contributed by atoms with E-state index in [-0.39, 0.29) is 143 Å². The Morgan fingerprint density at radius 2 is 0.878 bits per heavy atom. The fourth-order valence-electron chi connectivity index (χ4n) is 8.99. The number of esters is 2. The van der Waals surface area contributed by atoms with Gasteiger partial charge in [0.15, 0.2) is 0 Å². The zero-order chi connectivity index (χ0) is 61.3. The van der Waals surface area contributed by atoms with Crippen LogP contribution in [0.2, 0.25) is 0 Å². The molecule has 2 aliphatic rings. The summed E-state index contributed by atoms with van der Waals surface area (Å²) >= 11 is 0. The average molecular weight is 1700 g/mol. The van der Waals surface area contributed by atoms with Gasteiger partial charge in [0.25, 0.3) is 0 Å². The molecule has 5 amide bonds. The van der Waals surface area contributed by atoms with Crippen LogP contribution in [-0.2, 0) is 119 Å². The Morgan fingerprint density at radius 3 is 1.13 bits per heavy atom. The number of amides is 5. The maximum atomic E-state index is 12.0. The van der Waals surface area contributed by atoms with Gasteiger partial charge in [-0.2, -0.15) is 0 Å². The van der Waals surface area contributed by atoms with Crippen molar-refractivity contribution >= 4 is 51.2 Å². The summed E-state index contributed by atoms with van der Waals surface area (Å²) in [7, 11) is 1.64. The van der Waals surface area contributed by atoms with Gasteiger partial charge in [-0.1, -0.05) is 82.4 Å². The van der Waals surface area contributed by atoms with Gasteiger partial charge in [-0.3, -0.25) is 0 Å². The minimum atomic E-state index is -2.76. The molecule has 7 atom stereocenters. The van der Waals surface area contributed by atoms with Gasteiger partial charge in [0.2, 0.25) is 0 Å². The van der Waals surface area contributed by atoms with Crippen LogP contribution >= 0.6 is 0 Å². The SMILES string of the molecule is C=CC(=O)OCCOC(=O)NC1CC(C)(C)CC(C)(CNC(=O)OC([CH2-])C)C1.C=CC(=O)OCCOC(=O)NC1CC(C)(C)CC(C)(CNC(=O)OC([CH2-])C)C1.CCC(O)(CO)CO.[CH2-]C(C)OC(=O)NC[Si](OC)(OC)OC.[W].[W].[W]. The molecule has 0 aromatic heterocycles. The molecule has 8 N–H and O–H groups in total. The molecule has 29 heteroatoms. The minimum absolute atomic E-state index is 0. The van der Waals surface area contributed by atoms with Crippen LogP contribution < -0.4 is 26.6 Å². The molecule has 0 radical (unpaired) electrons. The van der Waals surface area contributed by atoms with Crippen LogP contribution in [0.15, 0.2) is 25.3 Å². The first kappa shape index (κ1) is 87.6. The normalized spacial score (nSPS) is 20.3. The second kappa shape index (κ2) is 44.3. The Kier molecular flexibility index (Phi) is 47.3. The molecule has 0 aliphatic heterocycles. The van der Waals surface area contributed by atoms with E-state index in [0.717, 1.165) is 37.8 Å². The van der Waals surface area contributed by atoms with Gasteiger partial charge in [0.1, 0.15) is 32.0 Å². The number of aliphatic hydroxyl groups is 3. The number of nitrogens with one attached hydrogen (secondary N) is 5. The molecular weight excluding hydrogens is 1610 g/mol. The molecule has 2 aliphatic carbocycles. The van der Waals surface area contributed by atoms with Crippen LogP contribution in [0.3, 0.4) is 0 Å². The zero-order valence-electron chi connectivity index (χ0n) is 50.4. The Morgan fingerprint density at radius 1 is 0.573 bits per heavy atom. The monoisotopic (exact) mass is 1700 g/mol. The predicted molar refractivity (Wildman–Crippen MR) is 294 cm³/mol. The van der Waals surface area contributed by atoms with Crippen molar-refractivity contribution in [3.05, 3.63) is 46.1 Å². The first-order valence-corrected chi connectivity index (χ1v) is 27.9. The van der Waals surface area contributed by atoms with Gasteiger partial charge in [-0.25, -0.2) is 33.6 Å². The van der Waals surface area contributed by atoms with Gasteiger partial charge in [0, 0.05) is 122 Å². The maximum Gasteiger partial charge on any atom is 0.520 e. The van der Waals surface area contributed by atoms with Crippen LogP contribution in [0.25, 0.3) is 0 Å². The summed E-state index contributed by atoms with van der Waals surface area (Å²) in [4.78, 5) is 80.7. The number of ether oxygens (including phenoxy) is 7. The molecule has 0 heterocycles. The van der Waals surface area contributed by atoms with Crippen molar-refractivity contribution in [3.63, 3.8) is 0 Å². The maximum absolute atomic E-state index is 12.0. The summed E-state index contributed by atoms with van der Waals surface area (Å²) in [6, 6.07) is -0.192. The molecule has 82 heavy (non-hydrogen) atoms. The van der Waals surface area contributed by atoms with Crippen molar-refractivity contribution in [2.45, 2.75) is 150 Å². The van der Waals surface area contributed by atoms with E-state index in [1.165, 1.54) is 21.3 Å². The number of carbonyl (C=O) groups excluding carboxylic acids is 7. The molecule has 0 bridgehead atoms. The fraction of sp³-hybridized carbons (Fsp3) is 0.736. The Balaban J connectivity index is -0.000000344. The van der Waals surface area contributed by atoms with Crippen molar-refractivity contribution in [2.24, 2.45) is 21.7 Å². The number of aliphatic hydroxyl groups excluding tert-OH is 2. The quantitative estimate of drug-likeness (QED) is 0.0141. The van der Waals surface area contributed by atoms with E-state index in [1.54, 1.807) is 27.7 Å². The molecule has 0 aromatic carbocycles. The third-order valence-electron chi connectivity index (χ3n) is 11.9. The van der Waals surface area contributed by atoms with E-state index >= 15 is 0 Å². The summed E-state index contributed by atoms with van der Waals surface area (Å²) in [5.74, 6) is -1.12. The first-order chi connectivity index (χ1) is 36.6. The van der Waals surface area contributed by atoms with E-state index < -0.39 is 75.1 Å². The largest absolute Gasteiger partial charge is 0.520 e. The second-order valence-electron chi connectivity index (χ2n) is 21.7. The summed E-state index contributed by atoms with van der Waals surface area (Å²) in [5.41, 5.74) is -1.71. The van der Waals surface area contributed by atoms with Crippen LogP contribution in [0, 0.1) is 42.4 Å². The van der Waals surface area contributed by atoms with Gasteiger partial charge >= 0.3 is 51.2 Å². The molecule has 0 saturated heterocycles. The molecule has 2 fully saturated rings. The topological polar surface area (TPSA) is 333 Å². The van der Waals surface area contributed by atoms with E-state index in [9.17, 15) is 33.6 Å². The Hall–Kier alpha value is -3.19. The molecule has 25 nitrogen and oxygen atoms in total. The second-order valence-corrected chi connectivity index (χ2v) is 24.7. The summed E-state index contributed by atoms with van der Waals surface area (Å²) in [6.07, 6.45) is 3.45. The molecule has 478 valence electrons. The van der Waals surface area contributed by atoms with Crippen LogP contribution in [0.1, 0.15) is 114 Å². The minimum Gasteiger partial charge on any atom is -0.480 e. The molecular formula is C53H96N5O20SiW3-3. The number of carbonyl (C=O) groups is 7.